The molecule has 2 aromatic rings. The van der Waals surface area contributed by atoms with E-state index in [0.29, 0.717) is 5.56 Å². The van der Waals surface area contributed by atoms with Crippen LogP contribution in [-0.2, 0) is 9.53 Å². The molecular weight excluding hydrogens is 458 g/mol. The molecule has 1 aliphatic heterocycles. The average molecular weight is 475 g/mol. The summed E-state index contributed by atoms with van der Waals surface area (Å²) in [5.74, 6) is -0.353. The lowest BCUT2D eigenvalue weighted by molar-refractivity contribution is -0.394. The van der Waals surface area contributed by atoms with Gasteiger partial charge in [-0.3, -0.25) is 34.7 Å². The lowest BCUT2D eigenvalue weighted by Crippen LogP contribution is -2.31. The third-order valence-corrected chi connectivity index (χ3v) is 5.36. The van der Waals surface area contributed by atoms with Gasteiger partial charge in [0.15, 0.2) is 11.5 Å². The van der Waals surface area contributed by atoms with Crippen LogP contribution in [0.5, 0.6) is 17.2 Å². The van der Waals surface area contributed by atoms with Crippen LogP contribution in [0.1, 0.15) is 5.56 Å². The average Bonchev–Trinajstić information content (AvgIpc) is 3.05. The van der Waals surface area contributed by atoms with E-state index in [1.54, 1.807) is 6.07 Å². The molecule has 0 atom stereocenters. The van der Waals surface area contributed by atoms with E-state index in [1.165, 1.54) is 32.4 Å². The van der Waals surface area contributed by atoms with Crippen molar-refractivity contribution in [2.75, 3.05) is 27.4 Å². The number of ether oxygens (including phenoxy) is 3. The first-order chi connectivity index (χ1) is 15.7. The van der Waals surface area contributed by atoms with Gasteiger partial charge in [-0.05, 0) is 41.6 Å². The van der Waals surface area contributed by atoms with Gasteiger partial charge in [-0.1, -0.05) is 6.07 Å². The Balaban J connectivity index is 1.88. The highest BCUT2D eigenvalue weighted by Crippen LogP contribution is 2.39. The molecule has 0 bridgehead atoms. The zero-order valence-electron chi connectivity index (χ0n) is 17.4. The monoisotopic (exact) mass is 475 g/mol. The number of thioether (sulfide) groups is 1. The van der Waals surface area contributed by atoms with Crippen LogP contribution in [-0.4, -0.2) is 53.3 Å². The smallest absolute Gasteiger partial charge is 0.318 e. The zero-order chi connectivity index (χ0) is 24.1. The van der Waals surface area contributed by atoms with Crippen molar-refractivity contribution < 1.29 is 33.6 Å². The normalized spacial score (nSPS) is 14.6. The fourth-order valence-corrected chi connectivity index (χ4v) is 3.72. The molecule has 2 aromatic carbocycles. The van der Waals surface area contributed by atoms with Crippen LogP contribution in [0.25, 0.3) is 6.08 Å². The van der Waals surface area contributed by atoms with Crippen LogP contribution in [0.4, 0.5) is 16.2 Å². The molecule has 0 N–H and O–H groups in total. The summed E-state index contributed by atoms with van der Waals surface area (Å²) < 4.78 is 15.8. The van der Waals surface area contributed by atoms with Crippen molar-refractivity contribution in [1.29, 1.82) is 0 Å². The predicted octanol–water partition coefficient (Wildman–Crippen LogP) is 3.99. The largest absolute Gasteiger partial charge is 0.493 e. The quantitative estimate of drug-likeness (QED) is 0.296. The van der Waals surface area contributed by atoms with Gasteiger partial charge in [0.25, 0.3) is 16.8 Å². The molecule has 2 amide bonds. The summed E-state index contributed by atoms with van der Waals surface area (Å²) >= 11 is 0.797. The highest BCUT2D eigenvalue weighted by molar-refractivity contribution is 8.18. The molecule has 0 radical (unpaired) electrons. The Labute approximate surface area is 191 Å². The fourth-order valence-electron chi connectivity index (χ4n) is 2.85. The summed E-state index contributed by atoms with van der Waals surface area (Å²) in [6.07, 6.45) is 1.51. The van der Waals surface area contributed by atoms with Crippen molar-refractivity contribution in [1.82, 2.24) is 4.90 Å². The van der Waals surface area contributed by atoms with E-state index in [9.17, 15) is 29.8 Å². The Bertz CT molecular complexity index is 1170. The van der Waals surface area contributed by atoms with Gasteiger partial charge in [0.1, 0.15) is 0 Å². The van der Waals surface area contributed by atoms with Crippen LogP contribution in [0.2, 0.25) is 0 Å². The van der Waals surface area contributed by atoms with Gasteiger partial charge in [0, 0.05) is 13.2 Å². The van der Waals surface area contributed by atoms with E-state index >= 15 is 0 Å². The number of hydrogen-bond acceptors (Lipinski definition) is 10. The van der Waals surface area contributed by atoms with Crippen LogP contribution in [0.3, 0.4) is 0 Å². The maximum Gasteiger partial charge on any atom is 0.318 e. The number of amides is 2. The zero-order valence-corrected chi connectivity index (χ0v) is 18.2. The van der Waals surface area contributed by atoms with Crippen molar-refractivity contribution in [2.24, 2.45) is 0 Å². The van der Waals surface area contributed by atoms with Crippen molar-refractivity contribution in [3.05, 3.63) is 67.1 Å². The number of imide groups is 1. The number of nitro benzene ring substituents is 2. The molecule has 172 valence electrons. The van der Waals surface area contributed by atoms with E-state index < -0.39 is 32.4 Å². The molecule has 0 saturated carbocycles. The van der Waals surface area contributed by atoms with Gasteiger partial charge < -0.3 is 14.2 Å². The van der Waals surface area contributed by atoms with Gasteiger partial charge >= 0.3 is 5.69 Å². The van der Waals surface area contributed by atoms with Gasteiger partial charge in [-0.25, -0.2) is 0 Å². The van der Waals surface area contributed by atoms with Crippen molar-refractivity contribution >= 4 is 40.4 Å². The standard InChI is InChI=1S/C20H17N3O9S/c1-30-8-7-21-19(24)18(33-20(21)25)10-12-3-5-16(17(9-12)31-2)32-15-6-4-13(22(26)27)11-14(15)23(28)29/h3-6,9-11H,7-8H2,1-2H3/b18-10+. The SMILES string of the molecule is COCCN1C(=O)S/C(=C/c2ccc(Oc3ccc([N+](=O)[O-])cc3[N+](=O)[O-])c(OC)c2)C1=O. The highest BCUT2D eigenvalue weighted by atomic mass is 32.2. The van der Waals surface area contributed by atoms with Crippen LogP contribution >= 0.6 is 11.8 Å². The number of carbonyl (C=O) groups is 2. The molecule has 0 unspecified atom stereocenters. The van der Waals surface area contributed by atoms with E-state index in [0.717, 1.165) is 34.9 Å². The second-order valence-corrected chi connectivity index (χ2v) is 7.50. The van der Waals surface area contributed by atoms with Gasteiger partial charge in [0.2, 0.25) is 5.75 Å². The Morgan fingerprint density at radius 1 is 1.00 bits per heavy atom. The number of carbonyl (C=O) groups excluding carboxylic acids is 2. The summed E-state index contributed by atoms with van der Waals surface area (Å²) in [6.45, 7) is 0.364. The third kappa shape index (κ3) is 5.27. The van der Waals surface area contributed by atoms with Crippen molar-refractivity contribution in [3.63, 3.8) is 0 Å². The number of non-ortho nitro benzene ring substituents is 1. The highest BCUT2D eigenvalue weighted by Gasteiger charge is 2.34. The maximum absolute atomic E-state index is 12.5. The topological polar surface area (TPSA) is 151 Å². The molecule has 1 heterocycles. The van der Waals surface area contributed by atoms with Gasteiger partial charge in [-0.2, -0.15) is 0 Å². The Morgan fingerprint density at radius 2 is 1.73 bits per heavy atom. The molecule has 13 heteroatoms. The number of nitro groups is 2. The molecule has 1 aliphatic rings. The molecule has 1 fully saturated rings. The number of benzene rings is 2. The lowest BCUT2D eigenvalue weighted by atomic mass is 10.1. The van der Waals surface area contributed by atoms with E-state index in [4.69, 9.17) is 14.2 Å². The molecule has 33 heavy (non-hydrogen) atoms. The molecule has 0 spiro atoms. The third-order valence-electron chi connectivity index (χ3n) is 4.45. The Hall–Kier alpha value is -3.97. The van der Waals surface area contributed by atoms with Crippen molar-refractivity contribution in [3.8, 4) is 17.2 Å². The molecular formula is C20H17N3O9S. The van der Waals surface area contributed by atoms with E-state index in [2.05, 4.69) is 0 Å². The van der Waals surface area contributed by atoms with E-state index in [1.807, 2.05) is 0 Å². The minimum absolute atomic E-state index is 0.111. The second-order valence-electron chi connectivity index (χ2n) is 6.50. The molecule has 3 rings (SSSR count). The first kappa shape index (κ1) is 23.7. The first-order valence-corrected chi connectivity index (χ1v) is 10.1. The Kier molecular flexibility index (Phi) is 7.25. The van der Waals surface area contributed by atoms with Crippen LogP contribution in [0.15, 0.2) is 41.3 Å². The van der Waals surface area contributed by atoms with E-state index in [-0.39, 0.29) is 35.3 Å². The number of nitrogens with zero attached hydrogens (tertiary/aromatic N) is 3. The minimum atomic E-state index is -0.789. The first-order valence-electron chi connectivity index (χ1n) is 9.28. The maximum atomic E-state index is 12.5. The molecule has 0 aliphatic carbocycles. The van der Waals surface area contributed by atoms with Gasteiger partial charge in [-0.15, -0.1) is 0 Å². The molecule has 1 saturated heterocycles. The van der Waals surface area contributed by atoms with Gasteiger partial charge in [0.05, 0.1) is 41.1 Å². The lowest BCUT2D eigenvalue weighted by Gasteiger charge is -2.12. The van der Waals surface area contributed by atoms with Crippen LogP contribution < -0.4 is 9.47 Å². The Morgan fingerprint density at radius 3 is 2.36 bits per heavy atom. The fraction of sp³-hybridized carbons (Fsp3) is 0.200. The summed E-state index contributed by atoms with van der Waals surface area (Å²) in [4.78, 5) is 46.5. The van der Waals surface area contributed by atoms with Crippen molar-refractivity contribution in [2.45, 2.75) is 0 Å². The predicted molar refractivity (Wildman–Crippen MR) is 117 cm³/mol. The summed E-state index contributed by atoms with van der Waals surface area (Å²) in [6, 6.07) is 7.57. The summed E-state index contributed by atoms with van der Waals surface area (Å²) in [5, 5.41) is 21.8. The molecule has 0 aromatic heterocycles. The number of rotatable bonds is 9. The summed E-state index contributed by atoms with van der Waals surface area (Å²) in [7, 11) is 2.82. The minimum Gasteiger partial charge on any atom is -0.493 e. The number of hydrogen-bond donors (Lipinski definition) is 0. The van der Waals surface area contributed by atoms with Crippen LogP contribution in [0, 0.1) is 20.2 Å². The molecule has 12 nitrogen and oxygen atoms in total. The second kappa shape index (κ2) is 10.1. The summed E-state index contributed by atoms with van der Waals surface area (Å²) in [5.41, 5.74) is -0.509. The number of methoxy groups -OCH3 is 2.